The third-order valence-corrected chi connectivity index (χ3v) is 7.34. The molecule has 8 heteroatoms. The summed E-state index contributed by atoms with van der Waals surface area (Å²) in [5.41, 5.74) is 7.56. The maximum Gasteiger partial charge on any atom is 0.243 e. The number of piperidine rings is 1. The van der Waals surface area contributed by atoms with Crippen molar-refractivity contribution < 1.29 is 18.0 Å². The predicted molar refractivity (Wildman–Crippen MR) is 119 cm³/mol. The van der Waals surface area contributed by atoms with Crippen LogP contribution in [0.2, 0.25) is 0 Å². The van der Waals surface area contributed by atoms with Gasteiger partial charge in [-0.1, -0.05) is 49.0 Å². The fraction of sp³-hybridized carbons (Fsp3) is 0.304. The highest BCUT2D eigenvalue weighted by Gasteiger charge is 2.30. The van der Waals surface area contributed by atoms with Crippen molar-refractivity contribution in [2.24, 2.45) is 5.73 Å². The molecule has 1 amide bonds. The third kappa shape index (κ3) is 5.66. The van der Waals surface area contributed by atoms with E-state index in [2.05, 4.69) is 11.9 Å². The molecule has 1 heterocycles. The van der Waals surface area contributed by atoms with Crippen LogP contribution < -0.4 is 11.1 Å². The predicted octanol–water partition coefficient (Wildman–Crippen LogP) is 1.95. The molecule has 0 aromatic heterocycles. The Balaban J connectivity index is 1.63. The molecule has 0 aliphatic carbocycles. The van der Waals surface area contributed by atoms with E-state index in [0.29, 0.717) is 31.5 Å². The molecule has 0 radical (unpaired) electrons. The van der Waals surface area contributed by atoms with E-state index in [-0.39, 0.29) is 29.0 Å². The molecule has 0 spiro atoms. The number of rotatable bonds is 8. The van der Waals surface area contributed by atoms with E-state index in [4.69, 9.17) is 5.73 Å². The number of hydrogen-bond donors (Lipinski definition) is 2. The zero-order valence-electron chi connectivity index (χ0n) is 17.2. The Kier molecular flexibility index (Phi) is 7.37. The first-order chi connectivity index (χ1) is 14.8. The van der Waals surface area contributed by atoms with Gasteiger partial charge in [-0.3, -0.25) is 9.59 Å². The molecular weight excluding hydrogens is 414 g/mol. The molecule has 3 rings (SSSR count). The molecule has 1 unspecified atom stereocenters. The summed E-state index contributed by atoms with van der Waals surface area (Å²) in [6.07, 6.45) is 2.50. The molecule has 31 heavy (non-hydrogen) atoms. The van der Waals surface area contributed by atoms with Gasteiger partial charge in [-0.05, 0) is 42.2 Å². The van der Waals surface area contributed by atoms with Gasteiger partial charge in [-0.25, -0.2) is 8.42 Å². The van der Waals surface area contributed by atoms with Gasteiger partial charge in [0.25, 0.3) is 0 Å². The number of carbonyl (C=O) groups is 2. The zero-order valence-corrected chi connectivity index (χ0v) is 18.1. The monoisotopic (exact) mass is 441 g/mol. The standard InChI is InChI=1S/C23H27N3O4S/c1-2-22(28)25-19-12-14-26(15-13-19)31(29,30)20-10-8-18(9-11-20)23(24)21(27)16-17-6-4-3-5-7-17/h2-11,19,23H,1,12-16,24H2,(H,25,28). The normalized spacial score (nSPS) is 16.4. The lowest BCUT2D eigenvalue weighted by molar-refractivity contribution is -0.120. The lowest BCUT2D eigenvalue weighted by Gasteiger charge is -2.31. The van der Waals surface area contributed by atoms with Crippen LogP contribution in [0.4, 0.5) is 0 Å². The van der Waals surface area contributed by atoms with E-state index in [9.17, 15) is 18.0 Å². The fourth-order valence-corrected chi connectivity index (χ4v) is 5.06. The maximum absolute atomic E-state index is 13.0. The number of ketones is 1. The van der Waals surface area contributed by atoms with E-state index in [1.165, 1.54) is 22.5 Å². The summed E-state index contributed by atoms with van der Waals surface area (Å²) in [7, 11) is -3.66. The van der Waals surface area contributed by atoms with Crippen molar-refractivity contribution >= 4 is 21.7 Å². The van der Waals surface area contributed by atoms with Crippen molar-refractivity contribution in [3.63, 3.8) is 0 Å². The first-order valence-electron chi connectivity index (χ1n) is 10.2. The average Bonchev–Trinajstić information content (AvgIpc) is 2.79. The minimum atomic E-state index is -3.66. The molecule has 7 nitrogen and oxygen atoms in total. The van der Waals surface area contributed by atoms with E-state index in [0.717, 1.165) is 5.56 Å². The van der Waals surface area contributed by atoms with Gasteiger partial charge in [0.1, 0.15) is 0 Å². The molecule has 0 bridgehead atoms. The number of nitrogens with zero attached hydrogens (tertiary/aromatic N) is 1. The Morgan fingerprint density at radius 1 is 1.10 bits per heavy atom. The van der Waals surface area contributed by atoms with E-state index < -0.39 is 16.1 Å². The lowest BCUT2D eigenvalue weighted by Crippen LogP contribution is -2.46. The quantitative estimate of drug-likeness (QED) is 0.609. The molecule has 1 atom stereocenters. The second kappa shape index (κ2) is 10.00. The molecule has 2 aromatic rings. The molecule has 3 N–H and O–H groups in total. The van der Waals surface area contributed by atoms with Gasteiger partial charge in [-0.2, -0.15) is 4.31 Å². The topological polar surface area (TPSA) is 110 Å². The summed E-state index contributed by atoms with van der Waals surface area (Å²) in [6, 6.07) is 14.6. The molecule has 1 fully saturated rings. The summed E-state index contributed by atoms with van der Waals surface area (Å²) in [5.74, 6) is -0.388. The Bertz CT molecular complexity index is 1030. The zero-order chi connectivity index (χ0) is 22.4. The summed E-state index contributed by atoms with van der Waals surface area (Å²) in [5, 5.41) is 2.80. The fourth-order valence-electron chi connectivity index (χ4n) is 3.59. The van der Waals surface area contributed by atoms with Crippen molar-refractivity contribution in [3.8, 4) is 0 Å². The molecule has 1 aliphatic heterocycles. The number of benzene rings is 2. The highest BCUT2D eigenvalue weighted by Crippen LogP contribution is 2.23. The minimum absolute atomic E-state index is 0.0621. The number of Topliss-reactive ketones (excluding diaryl/α,β-unsaturated/α-hetero) is 1. The minimum Gasteiger partial charge on any atom is -0.350 e. The van der Waals surface area contributed by atoms with E-state index in [1.54, 1.807) is 12.1 Å². The van der Waals surface area contributed by atoms with Gasteiger partial charge >= 0.3 is 0 Å². The second-order valence-corrected chi connectivity index (χ2v) is 9.50. The van der Waals surface area contributed by atoms with Crippen LogP contribution in [0.5, 0.6) is 0 Å². The van der Waals surface area contributed by atoms with Gasteiger partial charge in [0.2, 0.25) is 15.9 Å². The lowest BCUT2D eigenvalue weighted by atomic mass is 9.98. The number of sulfonamides is 1. The average molecular weight is 442 g/mol. The van der Waals surface area contributed by atoms with E-state index in [1.807, 2.05) is 30.3 Å². The summed E-state index contributed by atoms with van der Waals surface area (Å²) >= 11 is 0. The second-order valence-electron chi connectivity index (χ2n) is 7.57. The maximum atomic E-state index is 13.0. The van der Waals surface area contributed by atoms with Crippen LogP contribution >= 0.6 is 0 Å². The Morgan fingerprint density at radius 2 is 1.71 bits per heavy atom. The SMILES string of the molecule is C=CC(=O)NC1CCN(S(=O)(=O)c2ccc(C(N)C(=O)Cc3ccccc3)cc2)CC1. The molecule has 164 valence electrons. The number of amides is 1. The highest BCUT2D eigenvalue weighted by atomic mass is 32.2. The first kappa shape index (κ1) is 22.9. The Labute approximate surface area is 183 Å². The van der Waals surface area contributed by atoms with Crippen LogP contribution in [0.25, 0.3) is 0 Å². The van der Waals surface area contributed by atoms with Gasteiger partial charge in [0, 0.05) is 25.6 Å². The van der Waals surface area contributed by atoms with Crippen molar-refractivity contribution in [1.82, 2.24) is 9.62 Å². The molecule has 2 aromatic carbocycles. The molecule has 1 saturated heterocycles. The van der Waals surface area contributed by atoms with Crippen LogP contribution in [0.3, 0.4) is 0 Å². The van der Waals surface area contributed by atoms with Crippen LogP contribution in [0.1, 0.15) is 30.0 Å². The summed E-state index contributed by atoms with van der Waals surface area (Å²) < 4.78 is 27.3. The Morgan fingerprint density at radius 3 is 2.29 bits per heavy atom. The highest BCUT2D eigenvalue weighted by molar-refractivity contribution is 7.89. The van der Waals surface area contributed by atoms with Gasteiger partial charge in [0.05, 0.1) is 10.9 Å². The number of hydrogen-bond acceptors (Lipinski definition) is 5. The smallest absolute Gasteiger partial charge is 0.243 e. The van der Waals surface area contributed by atoms with Crippen molar-refractivity contribution in [2.45, 2.75) is 36.2 Å². The van der Waals surface area contributed by atoms with Crippen LogP contribution in [-0.4, -0.2) is 43.5 Å². The van der Waals surface area contributed by atoms with Crippen molar-refractivity contribution in [1.29, 1.82) is 0 Å². The first-order valence-corrected chi connectivity index (χ1v) is 11.6. The van der Waals surface area contributed by atoms with Crippen LogP contribution in [-0.2, 0) is 26.0 Å². The summed E-state index contributed by atoms with van der Waals surface area (Å²) in [4.78, 5) is 24.1. The third-order valence-electron chi connectivity index (χ3n) is 5.43. The number of nitrogens with one attached hydrogen (secondary N) is 1. The van der Waals surface area contributed by atoms with Gasteiger partial charge < -0.3 is 11.1 Å². The van der Waals surface area contributed by atoms with Crippen molar-refractivity contribution in [3.05, 3.63) is 78.4 Å². The molecule has 1 aliphatic rings. The number of carbonyl (C=O) groups excluding carboxylic acids is 2. The van der Waals surface area contributed by atoms with E-state index >= 15 is 0 Å². The summed E-state index contributed by atoms with van der Waals surface area (Å²) in [6.45, 7) is 4.06. The van der Waals surface area contributed by atoms with Gasteiger partial charge in [-0.15, -0.1) is 0 Å². The van der Waals surface area contributed by atoms with Crippen LogP contribution in [0.15, 0.2) is 72.1 Å². The van der Waals surface area contributed by atoms with Crippen LogP contribution in [0, 0.1) is 0 Å². The molecule has 0 saturated carbocycles. The molecular formula is C23H27N3O4S. The van der Waals surface area contributed by atoms with Crippen molar-refractivity contribution in [2.75, 3.05) is 13.1 Å². The Hall–Kier alpha value is -2.81. The van der Waals surface area contributed by atoms with Gasteiger partial charge in [0.15, 0.2) is 5.78 Å². The largest absolute Gasteiger partial charge is 0.350 e. The number of nitrogens with two attached hydrogens (primary N) is 1.